The van der Waals surface area contributed by atoms with Gasteiger partial charge in [-0.1, -0.05) is 12.1 Å². The Morgan fingerprint density at radius 2 is 1.47 bits per heavy atom. The van der Waals surface area contributed by atoms with Crippen LogP contribution < -0.4 is 5.73 Å². The van der Waals surface area contributed by atoms with Crippen molar-refractivity contribution >= 4 is 12.5 Å². The Balaban J connectivity index is 0.000000303. The third kappa shape index (κ3) is 7.44. The van der Waals surface area contributed by atoms with Crippen LogP contribution in [0.2, 0.25) is 0 Å². The maximum atomic E-state index is 8.91. The fraction of sp³-hybridized carbons (Fsp3) is 0.133. The van der Waals surface area contributed by atoms with Gasteiger partial charge in [-0.25, -0.2) is 0 Å². The second-order valence-electron chi connectivity index (χ2n) is 3.94. The largest absolute Gasteiger partial charge is 0.508 e. The minimum atomic E-state index is 0.229. The van der Waals surface area contributed by atoms with Crippen LogP contribution >= 0.6 is 0 Å². The fourth-order valence-corrected chi connectivity index (χ4v) is 1.42. The van der Waals surface area contributed by atoms with Crippen molar-refractivity contribution in [2.75, 3.05) is 5.73 Å². The monoisotopic (exact) mass is 261 g/mol. The topological polar surface area (TPSA) is 83.6 Å². The Morgan fingerprint density at radius 1 is 0.895 bits per heavy atom. The molecular weight excluding hydrogens is 242 g/mol. The summed E-state index contributed by atoms with van der Waals surface area (Å²) in [5.41, 5.74) is 8.07. The van der Waals surface area contributed by atoms with E-state index in [0.29, 0.717) is 11.4 Å². The van der Waals surface area contributed by atoms with E-state index in [9.17, 15) is 0 Å². The van der Waals surface area contributed by atoms with Crippen molar-refractivity contribution in [1.82, 2.24) is 0 Å². The highest BCUT2D eigenvalue weighted by atomic mass is 16.3. The molecule has 0 spiro atoms. The third-order valence-corrected chi connectivity index (χ3v) is 2.09. The average Bonchev–Trinajstić information content (AvgIpc) is 2.30. The van der Waals surface area contributed by atoms with Gasteiger partial charge >= 0.3 is 0 Å². The molecule has 0 unspecified atom stereocenters. The van der Waals surface area contributed by atoms with Crippen LogP contribution in [0.15, 0.2) is 42.5 Å². The van der Waals surface area contributed by atoms with Gasteiger partial charge in [0, 0.05) is 11.8 Å². The van der Waals surface area contributed by atoms with Crippen LogP contribution in [0.4, 0.5) is 5.69 Å². The van der Waals surface area contributed by atoms with E-state index in [-0.39, 0.29) is 5.75 Å². The van der Waals surface area contributed by atoms with Crippen molar-refractivity contribution in [2.24, 2.45) is 0 Å². The summed E-state index contributed by atoms with van der Waals surface area (Å²) < 4.78 is 0. The summed E-state index contributed by atoms with van der Waals surface area (Å²) in [5, 5.41) is 17.7. The number of phenolic OH excluding ortho intramolecular Hbond substituents is 2. The van der Waals surface area contributed by atoms with E-state index < -0.39 is 0 Å². The van der Waals surface area contributed by atoms with Gasteiger partial charge in [0.15, 0.2) is 0 Å². The van der Waals surface area contributed by atoms with Gasteiger partial charge in [0.05, 0.1) is 0 Å². The van der Waals surface area contributed by atoms with E-state index in [4.69, 9.17) is 20.7 Å². The number of anilines is 1. The first kappa shape index (κ1) is 16.5. The maximum Gasteiger partial charge on any atom is 0.117 e. The summed E-state index contributed by atoms with van der Waals surface area (Å²) in [6, 6.07) is 12.1. The number of hydrogen-bond acceptors (Lipinski definition) is 4. The lowest BCUT2D eigenvalue weighted by molar-refractivity contribution is -0.0979. The number of nitrogen functional groups attached to an aromatic ring is 1. The molecule has 0 bridgehead atoms. The summed E-state index contributed by atoms with van der Waals surface area (Å²) >= 11 is 0. The van der Waals surface area contributed by atoms with Crippen LogP contribution in [0.25, 0.3) is 0 Å². The van der Waals surface area contributed by atoms with Crippen LogP contribution in [-0.4, -0.2) is 17.0 Å². The molecule has 0 saturated heterocycles. The van der Waals surface area contributed by atoms with E-state index >= 15 is 0 Å². The first-order valence-corrected chi connectivity index (χ1v) is 5.58. The molecule has 4 heteroatoms. The normalized spacial score (nSPS) is 8.53. The highest BCUT2D eigenvalue weighted by Crippen LogP contribution is 2.15. The molecule has 4 N–H and O–H groups in total. The van der Waals surface area contributed by atoms with Crippen molar-refractivity contribution in [3.05, 3.63) is 53.6 Å². The summed E-state index contributed by atoms with van der Waals surface area (Å²) in [6.45, 7) is 5.83. The standard InChI is InChI=1S/C7H9NO.C7H8O.CH2O/c1-5-2-6(8)4-7(9)3-5;1-6-3-2-4-7(8)5-6;1-2/h2-4,9H,8H2,1H3;2-5,8H,1H3;1H2. The van der Waals surface area contributed by atoms with E-state index in [1.54, 1.807) is 24.3 Å². The molecule has 0 aliphatic heterocycles. The number of hydrogen-bond donors (Lipinski definition) is 3. The van der Waals surface area contributed by atoms with Crippen molar-refractivity contribution < 1.29 is 15.0 Å². The Morgan fingerprint density at radius 3 is 1.84 bits per heavy atom. The third-order valence-electron chi connectivity index (χ3n) is 2.09. The van der Waals surface area contributed by atoms with Crippen molar-refractivity contribution in [3.63, 3.8) is 0 Å². The number of phenols is 2. The number of carbonyl (C=O) groups is 1. The zero-order chi connectivity index (χ0) is 14.8. The molecular formula is C15H19NO3. The molecule has 0 saturated carbocycles. The minimum Gasteiger partial charge on any atom is -0.508 e. The van der Waals surface area contributed by atoms with Crippen molar-refractivity contribution in [3.8, 4) is 11.5 Å². The molecule has 2 aromatic carbocycles. The predicted octanol–water partition coefficient (Wildman–Crippen LogP) is 2.80. The summed E-state index contributed by atoms with van der Waals surface area (Å²) in [6.07, 6.45) is 0. The number of nitrogens with two attached hydrogens (primary N) is 1. The zero-order valence-electron chi connectivity index (χ0n) is 11.1. The highest BCUT2D eigenvalue weighted by molar-refractivity contribution is 5.46. The van der Waals surface area contributed by atoms with Crippen LogP contribution in [0, 0.1) is 13.8 Å². The molecule has 0 heterocycles. The van der Waals surface area contributed by atoms with Crippen molar-refractivity contribution in [1.29, 1.82) is 0 Å². The van der Waals surface area contributed by atoms with E-state index in [1.165, 1.54) is 6.07 Å². The number of carbonyl (C=O) groups excluding carboxylic acids is 1. The van der Waals surface area contributed by atoms with Gasteiger partial charge in [0.1, 0.15) is 18.3 Å². The molecule has 0 aliphatic carbocycles. The van der Waals surface area contributed by atoms with Gasteiger partial charge < -0.3 is 20.7 Å². The molecule has 2 aromatic rings. The van der Waals surface area contributed by atoms with Crippen LogP contribution in [0.1, 0.15) is 11.1 Å². The molecule has 0 amide bonds. The number of aryl methyl sites for hydroxylation is 2. The Hall–Kier alpha value is -2.49. The van der Waals surface area contributed by atoms with Crippen molar-refractivity contribution in [2.45, 2.75) is 13.8 Å². The first-order chi connectivity index (χ1) is 8.97. The van der Waals surface area contributed by atoms with Gasteiger partial charge in [0.25, 0.3) is 0 Å². The molecule has 4 nitrogen and oxygen atoms in total. The smallest absolute Gasteiger partial charge is 0.117 e. The second kappa shape index (κ2) is 8.58. The number of benzene rings is 2. The lowest BCUT2D eigenvalue weighted by Gasteiger charge is -1.96. The first-order valence-electron chi connectivity index (χ1n) is 5.58. The molecule has 102 valence electrons. The summed E-state index contributed by atoms with van der Waals surface area (Å²) in [5.74, 6) is 0.567. The van der Waals surface area contributed by atoms with Gasteiger partial charge in [-0.15, -0.1) is 0 Å². The van der Waals surface area contributed by atoms with Gasteiger partial charge in [0.2, 0.25) is 0 Å². The average molecular weight is 261 g/mol. The van der Waals surface area contributed by atoms with Gasteiger partial charge in [-0.05, 0) is 49.2 Å². The number of aromatic hydroxyl groups is 2. The maximum absolute atomic E-state index is 8.91. The molecule has 0 atom stereocenters. The second-order valence-corrected chi connectivity index (χ2v) is 3.94. The van der Waals surface area contributed by atoms with E-state index in [1.807, 2.05) is 32.8 Å². The van der Waals surface area contributed by atoms with Crippen LogP contribution in [0.3, 0.4) is 0 Å². The lowest BCUT2D eigenvalue weighted by Crippen LogP contribution is -1.83. The Kier molecular flexibility index (Phi) is 7.45. The molecule has 0 aromatic heterocycles. The molecule has 0 fully saturated rings. The van der Waals surface area contributed by atoms with Gasteiger partial charge in [-0.2, -0.15) is 0 Å². The SMILES string of the molecule is C=O.Cc1cc(N)cc(O)c1.Cc1cccc(O)c1. The van der Waals surface area contributed by atoms with Crippen LogP contribution in [0.5, 0.6) is 11.5 Å². The fourth-order valence-electron chi connectivity index (χ4n) is 1.42. The highest BCUT2D eigenvalue weighted by Gasteiger charge is 1.90. The minimum absolute atomic E-state index is 0.229. The predicted molar refractivity (Wildman–Crippen MR) is 77.2 cm³/mol. The summed E-state index contributed by atoms with van der Waals surface area (Å²) in [7, 11) is 0. The Labute approximate surface area is 113 Å². The number of rotatable bonds is 0. The molecule has 2 rings (SSSR count). The zero-order valence-corrected chi connectivity index (χ0v) is 11.1. The quantitative estimate of drug-likeness (QED) is 0.637. The Bertz CT molecular complexity index is 445. The summed E-state index contributed by atoms with van der Waals surface area (Å²) in [4.78, 5) is 8.00. The van der Waals surface area contributed by atoms with E-state index in [2.05, 4.69) is 0 Å². The van der Waals surface area contributed by atoms with Gasteiger partial charge in [-0.3, -0.25) is 0 Å². The lowest BCUT2D eigenvalue weighted by atomic mass is 10.2. The molecule has 19 heavy (non-hydrogen) atoms. The molecule has 0 radical (unpaired) electrons. The molecule has 0 aliphatic rings. The van der Waals surface area contributed by atoms with E-state index in [0.717, 1.165) is 11.1 Å². The van der Waals surface area contributed by atoms with Crippen LogP contribution in [-0.2, 0) is 4.79 Å².